The SMILES string of the molecule is c1ccc(-c2ccc(N(c3cccc(-c4ccccc4)c3)c3ccccc3-c3cc(-c4ccc5c(c4)c4ccccc4n5-c4ccccc4)cc(-c4ccc5c6ccccc6n(-c6ccccc6)c5c4)c3)cc2)cc1. The lowest BCUT2D eigenvalue weighted by Gasteiger charge is -2.29. The standard InChI is InChI=1S/C72H49N3/c1-5-20-50(21-6-1)52-36-40-61(41-37-52)73(62-29-19-24-53(47-62)51-22-7-2-8-23-51)68-33-16-13-30-63(68)58-45-56(54-39-43-71-67(48-54)65-32-15-18-35-70(65)74(71)59-25-9-3-10-26-59)44-57(46-58)55-38-42-66-64-31-14-17-34-69(64)75(72(66)49-55)60-27-11-4-12-28-60/h1-49H. The first kappa shape index (κ1) is 43.8. The van der Waals surface area contributed by atoms with E-state index in [4.69, 9.17) is 0 Å². The van der Waals surface area contributed by atoms with Crippen LogP contribution in [-0.4, -0.2) is 9.13 Å². The van der Waals surface area contributed by atoms with Gasteiger partial charge in [0.2, 0.25) is 0 Å². The highest BCUT2D eigenvalue weighted by molar-refractivity contribution is 6.12. The van der Waals surface area contributed by atoms with Gasteiger partial charge in [0.05, 0.1) is 27.8 Å². The summed E-state index contributed by atoms with van der Waals surface area (Å²) in [6.07, 6.45) is 0. The molecular formula is C72H49N3. The van der Waals surface area contributed by atoms with Gasteiger partial charge < -0.3 is 14.0 Å². The molecule has 14 aromatic rings. The first-order valence-electron chi connectivity index (χ1n) is 25.7. The van der Waals surface area contributed by atoms with Crippen molar-refractivity contribution in [1.82, 2.24) is 9.13 Å². The zero-order chi connectivity index (χ0) is 49.7. The maximum absolute atomic E-state index is 2.43. The van der Waals surface area contributed by atoms with Crippen LogP contribution in [0.4, 0.5) is 17.1 Å². The van der Waals surface area contributed by atoms with E-state index in [0.29, 0.717) is 0 Å². The van der Waals surface area contributed by atoms with E-state index in [1.54, 1.807) is 0 Å². The molecule has 3 nitrogen and oxygen atoms in total. The number of anilines is 3. The Bertz CT molecular complexity index is 4380. The minimum atomic E-state index is 1.07. The molecule has 0 spiro atoms. The van der Waals surface area contributed by atoms with Gasteiger partial charge in [0, 0.05) is 49.9 Å². The van der Waals surface area contributed by atoms with Gasteiger partial charge in [-0.25, -0.2) is 0 Å². The summed E-state index contributed by atoms with van der Waals surface area (Å²) in [5.74, 6) is 0. The Morgan fingerprint density at radius 3 is 1.32 bits per heavy atom. The summed E-state index contributed by atoms with van der Waals surface area (Å²) in [7, 11) is 0. The van der Waals surface area contributed by atoms with Crippen molar-refractivity contribution in [2.24, 2.45) is 0 Å². The van der Waals surface area contributed by atoms with Crippen LogP contribution in [0.25, 0.3) is 111 Å². The Balaban J connectivity index is 0.995. The topological polar surface area (TPSA) is 13.1 Å². The number of rotatable bonds is 10. The van der Waals surface area contributed by atoms with Gasteiger partial charge in [-0.3, -0.25) is 0 Å². The van der Waals surface area contributed by atoms with E-state index in [2.05, 4.69) is 311 Å². The third-order valence-corrected chi connectivity index (χ3v) is 14.9. The zero-order valence-corrected chi connectivity index (χ0v) is 41.1. The Labute approximate surface area is 436 Å². The molecule has 0 saturated heterocycles. The quantitative estimate of drug-likeness (QED) is 0.133. The molecule has 0 saturated carbocycles. The van der Waals surface area contributed by atoms with Crippen LogP contribution in [0, 0.1) is 0 Å². The fourth-order valence-electron chi connectivity index (χ4n) is 11.4. The van der Waals surface area contributed by atoms with E-state index in [9.17, 15) is 0 Å². The molecule has 2 aromatic heterocycles. The molecule has 352 valence electrons. The average Bonchev–Trinajstić information content (AvgIpc) is 4.03. The van der Waals surface area contributed by atoms with E-state index < -0.39 is 0 Å². The van der Waals surface area contributed by atoms with Gasteiger partial charge >= 0.3 is 0 Å². The number of aromatic nitrogens is 2. The normalized spacial score (nSPS) is 11.5. The Morgan fingerprint density at radius 2 is 0.653 bits per heavy atom. The maximum Gasteiger partial charge on any atom is 0.0547 e. The molecule has 0 aliphatic carbocycles. The molecule has 0 bridgehead atoms. The molecule has 14 rings (SSSR count). The van der Waals surface area contributed by atoms with Crippen molar-refractivity contribution < 1.29 is 0 Å². The highest BCUT2D eigenvalue weighted by atomic mass is 15.1. The fraction of sp³-hybridized carbons (Fsp3) is 0. The second-order valence-electron chi connectivity index (χ2n) is 19.3. The van der Waals surface area contributed by atoms with Crippen LogP contribution in [0.15, 0.2) is 297 Å². The highest BCUT2D eigenvalue weighted by Crippen LogP contribution is 2.45. The third kappa shape index (κ3) is 7.86. The molecule has 2 heterocycles. The summed E-state index contributed by atoms with van der Waals surface area (Å²) in [4.78, 5) is 2.43. The summed E-state index contributed by atoms with van der Waals surface area (Å²) >= 11 is 0. The van der Waals surface area contributed by atoms with Gasteiger partial charge in [0.25, 0.3) is 0 Å². The molecule has 3 heteroatoms. The van der Waals surface area contributed by atoms with Crippen LogP contribution in [-0.2, 0) is 0 Å². The van der Waals surface area contributed by atoms with Crippen LogP contribution < -0.4 is 4.90 Å². The largest absolute Gasteiger partial charge is 0.310 e. The lowest BCUT2D eigenvalue weighted by atomic mass is 9.91. The molecule has 0 unspecified atom stereocenters. The number of para-hydroxylation sites is 5. The summed E-state index contributed by atoms with van der Waals surface area (Å²) in [6, 6.07) is 108. The van der Waals surface area contributed by atoms with E-state index in [-0.39, 0.29) is 0 Å². The molecule has 12 aromatic carbocycles. The molecule has 0 atom stereocenters. The monoisotopic (exact) mass is 955 g/mol. The zero-order valence-electron chi connectivity index (χ0n) is 41.1. The minimum absolute atomic E-state index is 1.07. The molecule has 0 N–H and O–H groups in total. The highest BCUT2D eigenvalue weighted by Gasteiger charge is 2.21. The summed E-state index contributed by atoms with van der Waals surface area (Å²) < 4.78 is 4.80. The van der Waals surface area contributed by atoms with Gasteiger partial charge in [-0.15, -0.1) is 0 Å². The van der Waals surface area contributed by atoms with Crippen LogP contribution in [0.5, 0.6) is 0 Å². The number of hydrogen-bond donors (Lipinski definition) is 0. The predicted molar refractivity (Wildman–Crippen MR) is 317 cm³/mol. The lowest BCUT2D eigenvalue weighted by Crippen LogP contribution is -2.11. The number of nitrogens with zero attached hydrogens (tertiary/aromatic N) is 3. The lowest BCUT2D eigenvalue weighted by molar-refractivity contribution is 1.18. The van der Waals surface area contributed by atoms with E-state index in [0.717, 1.165) is 67.4 Å². The van der Waals surface area contributed by atoms with Crippen LogP contribution in [0.2, 0.25) is 0 Å². The molecule has 0 fully saturated rings. The predicted octanol–water partition coefficient (Wildman–Crippen LogP) is 19.7. The Kier molecular flexibility index (Phi) is 10.8. The van der Waals surface area contributed by atoms with Crippen molar-refractivity contribution in [2.75, 3.05) is 4.90 Å². The smallest absolute Gasteiger partial charge is 0.0547 e. The van der Waals surface area contributed by atoms with E-state index in [1.165, 1.54) is 60.3 Å². The van der Waals surface area contributed by atoms with Crippen LogP contribution in [0.3, 0.4) is 0 Å². The van der Waals surface area contributed by atoms with Crippen molar-refractivity contribution in [3.63, 3.8) is 0 Å². The van der Waals surface area contributed by atoms with Crippen molar-refractivity contribution >= 4 is 60.7 Å². The summed E-state index contributed by atoms with van der Waals surface area (Å²) in [6.45, 7) is 0. The second-order valence-corrected chi connectivity index (χ2v) is 19.3. The first-order valence-corrected chi connectivity index (χ1v) is 25.7. The summed E-state index contributed by atoms with van der Waals surface area (Å²) in [5.41, 5.74) is 21.8. The second kappa shape index (κ2) is 18.6. The van der Waals surface area contributed by atoms with Crippen molar-refractivity contribution in [2.45, 2.75) is 0 Å². The number of fused-ring (bicyclic) bond motifs is 6. The van der Waals surface area contributed by atoms with Crippen molar-refractivity contribution in [3.8, 4) is 67.0 Å². The van der Waals surface area contributed by atoms with Gasteiger partial charge in [0.1, 0.15) is 0 Å². The number of hydrogen-bond acceptors (Lipinski definition) is 1. The van der Waals surface area contributed by atoms with Gasteiger partial charge in [0.15, 0.2) is 0 Å². The third-order valence-electron chi connectivity index (χ3n) is 14.9. The maximum atomic E-state index is 2.43. The molecular weight excluding hydrogens is 907 g/mol. The van der Waals surface area contributed by atoms with Crippen molar-refractivity contribution in [3.05, 3.63) is 297 Å². The molecule has 75 heavy (non-hydrogen) atoms. The average molecular weight is 956 g/mol. The number of benzene rings is 12. The van der Waals surface area contributed by atoms with Gasteiger partial charge in [-0.2, -0.15) is 0 Å². The fourth-order valence-corrected chi connectivity index (χ4v) is 11.4. The minimum Gasteiger partial charge on any atom is -0.310 e. The van der Waals surface area contributed by atoms with E-state index in [1.807, 2.05) is 0 Å². The first-order chi connectivity index (χ1) is 37.2. The molecule has 0 amide bonds. The summed E-state index contributed by atoms with van der Waals surface area (Å²) in [5, 5.41) is 4.91. The molecule has 0 radical (unpaired) electrons. The van der Waals surface area contributed by atoms with Gasteiger partial charge in [-0.1, -0.05) is 194 Å². The Morgan fingerprint density at radius 1 is 0.213 bits per heavy atom. The van der Waals surface area contributed by atoms with Crippen LogP contribution >= 0.6 is 0 Å². The molecule has 0 aliphatic heterocycles. The van der Waals surface area contributed by atoms with Crippen molar-refractivity contribution in [1.29, 1.82) is 0 Å². The Hall–Kier alpha value is -9.96. The molecule has 0 aliphatic rings. The van der Waals surface area contributed by atoms with Gasteiger partial charge in [-0.05, 0) is 153 Å². The van der Waals surface area contributed by atoms with E-state index >= 15 is 0 Å². The van der Waals surface area contributed by atoms with Crippen LogP contribution in [0.1, 0.15) is 0 Å².